The van der Waals surface area contributed by atoms with Gasteiger partial charge in [0, 0.05) is 11.3 Å². The number of fused-ring (bicyclic) bond motifs is 2. The lowest BCUT2D eigenvalue weighted by Gasteiger charge is -2.32. The first-order valence-corrected chi connectivity index (χ1v) is 13.0. The van der Waals surface area contributed by atoms with Crippen molar-refractivity contribution >= 4 is 29.1 Å². The molecule has 0 heterocycles. The third-order valence-corrected chi connectivity index (χ3v) is 8.09. The van der Waals surface area contributed by atoms with Crippen LogP contribution in [-0.4, -0.2) is 11.1 Å². The molecular formula is C33H34ClFO2. The number of aryl methyl sites for hydroxylation is 1. The predicted molar refractivity (Wildman–Crippen MR) is 152 cm³/mol. The van der Waals surface area contributed by atoms with Gasteiger partial charge in [-0.15, -0.1) is 12.4 Å². The predicted octanol–water partition coefficient (Wildman–Crippen LogP) is 9.08. The Morgan fingerprint density at radius 1 is 1.00 bits per heavy atom. The van der Waals surface area contributed by atoms with Crippen molar-refractivity contribution in [3.63, 3.8) is 0 Å². The standard InChI is InChI=1S/C33H33FO2.ClH/c1-21(26-16-17-32(34)29-13-6-5-12-28(26)29)8-7-9-23-18-24-10-3-4-11-27(24)31(19-23)25-15-14-22(2)30(20-25)33(35)36;/h3-6,10-17,20-21,23,31H,7-9,18-19H2,1-2H3,(H,35,36);1H/t21-,23+,31?;/m0./s1. The van der Waals surface area contributed by atoms with E-state index < -0.39 is 5.97 Å². The van der Waals surface area contributed by atoms with Crippen LogP contribution in [0.4, 0.5) is 4.39 Å². The Balaban J connectivity index is 0.00000320. The quantitative estimate of drug-likeness (QED) is 0.266. The van der Waals surface area contributed by atoms with E-state index in [0.29, 0.717) is 22.8 Å². The molecule has 0 bridgehead atoms. The van der Waals surface area contributed by atoms with Crippen LogP contribution < -0.4 is 0 Å². The molecule has 37 heavy (non-hydrogen) atoms. The van der Waals surface area contributed by atoms with E-state index in [1.807, 2.05) is 49.4 Å². The van der Waals surface area contributed by atoms with Crippen LogP contribution in [0.1, 0.15) is 82.6 Å². The van der Waals surface area contributed by atoms with E-state index in [0.717, 1.165) is 48.6 Å². The van der Waals surface area contributed by atoms with Gasteiger partial charge in [-0.1, -0.05) is 86.5 Å². The summed E-state index contributed by atoms with van der Waals surface area (Å²) in [6.07, 6.45) is 5.41. The first-order chi connectivity index (χ1) is 17.4. The van der Waals surface area contributed by atoms with Gasteiger partial charge in [0.25, 0.3) is 0 Å². The molecule has 4 aromatic rings. The molecular weight excluding hydrogens is 483 g/mol. The maximum absolute atomic E-state index is 14.3. The van der Waals surface area contributed by atoms with Crippen molar-refractivity contribution in [2.24, 2.45) is 5.92 Å². The van der Waals surface area contributed by atoms with Crippen LogP contribution in [0.5, 0.6) is 0 Å². The summed E-state index contributed by atoms with van der Waals surface area (Å²) in [7, 11) is 0. The highest BCUT2D eigenvalue weighted by atomic mass is 35.5. The first-order valence-electron chi connectivity index (χ1n) is 13.0. The number of carboxylic acids is 1. The summed E-state index contributed by atoms with van der Waals surface area (Å²) in [5.74, 6) is 0.110. The van der Waals surface area contributed by atoms with Crippen LogP contribution in [0.15, 0.2) is 78.9 Å². The highest BCUT2D eigenvalue weighted by molar-refractivity contribution is 5.89. The van der Waals surface area contributed by atoms with E-state index in [9.17, 15) is 14.3 Å². The minimum atomic E-state index is -0.864. The number of carbonyl (C=O) groups is 1. The molecule has 0 aromatic heterocycles. The number of aromatic carboxylic acids is 1. The van der Waals surface area contributed by atoms with Crippen molar-refractivity contribution in [2.75, 3.05) is 0 Å². The second kappa shape index (κ2) is 11.5. The van der Waals surface area contributed by atoms with Gasteiger partial charge < -0.3 is 5.11 Å². The molecule has 3 atom stereocenters. The van der Waals surface area contributed by atoms with Crippen LogP contribution in [0.3, 0.4) is 0 Å². The molecule has 0 aliphatic heterocycles. The fraction of sp³-hybridized carbons (Fsp3) is 0.303. The minimum absolute atomic E-state index is 0. The molecule has 192 valence electrons. The number of benzene rings is 4. The third-order valence-electron chi connectivity index (χ3n) is 8.09. The number of halogens is 2. The Kier molecular flexibility index (Phi) is 8.34. The molecule has 5 rings (SSSR count). The zero-order valence-electron chi connectivity index (χ0n) is 21.4. The Bertz CT molecular complexity index is 1410. The number of hydrogen-bond acceptors (Lipinski definition) is 1. The monoisotopic (exact) mass is 516 g/mol. The molecule has 2 nitrogen and oxygen atoms in total. The summed E-state index contributed by atoms with van der Waals surface area (Å²) in [5, 5.41) is 11.4. The number of rotatable bonds is 7. The van der Waals surface area contributed by atoms with Crippen molar-refractivity contribution in [1.29, 1.82) is 0 Å². The summed E-state index contributed by atoms with van der Waals surface area (Å²) in [5.41, 5.74) is 6.23. The largest absolute Gasteiger partial charge is 0.478 e. The summed E-state index contributed by atoms with van der Waals surface area (Å²) in [6.45, 7) is 4.11. The first kappa shape index (κ1) is 26.9. The second-order valence-electron chi connectivity index (χ2n) is 10.5. The molecule has 1 N–H and O–H groups in total. The van der Waals surface area contributed by atoms with Crippen LogP contribution in [-0.2, 0) is 6.42 Å². The lowest BCUT2D eigenvalue weighted by atomic mass is 9.72. The maximum Gasteiger partial charge on any atom is 0.335 e. The summed E-state index contributed by atoms with van der Waals surface area (Å²) in [6, 6.07) is 25.9. The van der Waals surface area contributed by atoms with E-state index >= 15 is 0 Å². The van der Waals surface area contributed by atoms with Crippen LogP contribution in [0.25, 0.3) is 10.8 Å². The second-order valence-corrected chi connectivity index (χ2v) is 10.5. The molecule has 0 saturated heterocycles. The zero-order valence-corrected chi connectivity index (χ0v) is 22.2. The number of carboxylic acid groups (broad SMARTS) is 1. The molecule has 4 heteroatoms. The molecule has 0 amide bonds. The van der Waals surface area contributed by atoms with Gasteiger partial charge in [-0.3, -0.25) is 0 Å². The number of hydrogen-bond donors (Lipinski definition) is 1. The van der Waals surface area contributed by atoms with Crippen molar-refractivity contribution in [3.05, 3.63) is 118 Å². The molecule has 0 saturated carbocycles. The van der Waals surface area contributed by atoms with Crippen LogP contribution in [0.2, 0.25) is 0 Å². The van der Waals surface area contributed by atoms with Crippen LogP contribution in [0, 0.1) is 18.7 Å². The van der Waals surface area contributed by atoms with Crippen molar-refractivity contribution in [1.82, 2.24) is 0 Å². The molecule has 4 aromatic carbocycles. The maximum atomic E-state index is 14.3. The van der Waals surface area contributed by atoms with Gasteiger partial charge in [-0.05, 0) is 83.4 Å². The van der Waals surface area contributed by atoms with E-state index in [1.54, 1.807) is 6.07 Å². The van der Waals surface area contributed by atoms with Crippen molar-refractivity contribution in [2.45, 2.75) is 57.8 Å². The average Bonchev–Trinajstić information content (AvgIpc) is 2.88. The minimum Gasteiger partial charge on any atom is -0.478 e. The van der Waals surface area contributed by atoms with E-state index in [-0.39, 0.29) is 24.1 Å². The third kappa shape index (κ3) is 5.57. The lowest BCUT2D eigenvalue weighted by molar-refractivity contribution is 0.0696. The zero-order chi connectivity index (χ0) is 25.2. The molecule has 1 aliphatic rings. The van der Waals surface area contributed by atoms with Gasteiger partial charge in [0.05, 0.1) is 5.56 Å². The normalized spacial score (nSPS) is 17.6. The van der Waals surface area contributed by atoms with E-state index in [1.165, 1.54) is 16.7 Å². The summed E-state index contributed by atoms with van der Waals surface area (Å²) < 4.78 is 14.3. The van der Waals surface area contributed by atoms with Gasteiger partial charge >= 0.3 is 5.97 Å². The Hall–Kier alpha value is -3.17. The van der Waals surface area contributed by atoms with E-state index in [2.05, 4.69) is 37.3 Å². The average molecular weight is 517 g/mol. The lowest BCUT2D eigenvalue weighted by Crippen LogP contribution is -2.20. The highest BCUT2D eigenvalue weighted by Gasteiger charge is 2.28. The molecule has 0 radical (unpaired) electrons. The summed E-state index contributed by atoms with van der Waals surface area (Å²) >= 11 is 0. The Labute approximate surface area is 225 Å². The van der Waals surface area contributed by atoms with Gasteiger partial charge in [-0.25, -0.2) is 9.18 Å². The SMILES string of the molecule is Cc1ccc(C2C[C@H](CCC[C@H](C)c3ccc(F)c4ccccc34)Cc3ccccc32)cc1C(=O)O.Cl. The molecule has 0 spiro atoms. The fourth-order valence-electron chi connectivity index (χ4n) is 6.12. The van der Waals surface area contributed by atoms with Crippen LogP contribution >= 0.6 is 12.4 Å². The Morgan fingerprint density at radius 3 is 2.51 bits per heavy atom. The van der Waals surface area contributed by atoms with Gasteiger partial charge in [0.2, 0.25) is 0 Å². The molecule has 1 aliphatic carbocycles. The van der Waals surface area contributed by atoms with Crippen molar-refractivity contribution in [3.8, 4) is 0 Å². The highest BCUT2D eigenvalue weighted by Crippen LogP contribution is 2.42. The van der Waals surface area contributed by atoms with Gasteiger partial charge in [0.1, 0.15) is 5.82 Å². The smallest absolute Gasteiger partial charge is 0.335 e. The summed E-state index contributed by atoms with van der Waals surface area (Å²) in [4.78, 5) is 11.8. The molecule has 1 unspecified atom stereocenters. The molecule has 0 fully saturated rings. The van der Waals surface area contributed by atoms with Gasteiger partial charge in [-0.2, -0.15) is 0 Å². The van der Waals surface area contributed by atoms with E-state index in [4.69, 9.17) is 0 Å². The Morgan fingerprint density at radius 2 is 1.73 bits per heavy atom. The van der Waals surface area contributed by atoms with Gasteiger partial charge in [0.15, 0.2) is 0 Å². The van der Waals surface area contributed by atoms with Crippen molar-refractivity contribution < 1.29 is 14.3 Å². The topological polar surface area (TPSA) is 37.3 Å². The fourth-order valence-corrected chi connectivity index (χ4v) is 6.12.